The average Bonchev–Trinajstić information content (AvgIpc) is 2.66. The number of pyridine rings is 1. The van der Waals surface area contributed by atoms with Crippen LogP contribution >= 0.6 is 0 Å². The topological polar surface area (TPSA) is 106 Å². The zero-order chi connectivity index (χ0) is 19.2. The number of nitrogens with zero attached hydrogens (tertiary/aromatic N) is 4. The second-order valence-corrected chi connectivity index (χ2v) is 6.26. The van der Waals surface area contributed by atoms with Crippen LogP contribution in [0.25, 0.3) is 11.4 Å². The van der Waals surface area contributed by atoms with Gasteiger partial charge < -0.3 is 10.6 Å². The van der Waals surface area contributed by atoms with Crippen LogP contribution in [-0.4, -0.2) is 25.9 Å². The maximum Gasteiger partial charge on any atom is 0.269 e. The van der Waals surface area contributed by atoms with Crippen LogP contribution in [0.5, 0.6) is 0 Å². The minimum atomic E-state index is -0.405. The van der Waals surface area contributed by atoms with E-state index in [1.807, 2.05) is 44.2 Å². The zero-order valence-electron chi connectivity index (χ0n) is 15.1. The first-order valence-electron chi connectivity index (χ1n) is 8.55. The molecule has 0 spiro atoms. The van der Waals surface area contributed by atoms with Crippen LogP contribution in [0.1, 0.15) is 19.4 Å². The molecule has 1 aromatic carbocycles. The lowest BCUT2D eigenvalue weighted by molar-refractivity contribution is -0.384. The van der Waals surface area contributed by atoms with Gasteiger partial charge in [-0.3, -0.25) is 15.1 Å². The molecule has 0 aliphatic carbocycles. The fraction of sp³-hybridized carbons (Fsp3) is 0.211. The van der Waals surface area contributed by atoms with Crippen molar-refractivity contribution in [3.05, 3.63) is 70.4 Å². The van der Waals surface area contributed by atoms with Crippen molar-refractivity contribution < 1.29 is 4.92 Å². The monoisotopic (exact) mass is 364 g/mol. The molecule has 0 bridgehead atoms. The number of non-ortho nitro benzene ring substituents is 1. The van der Waals surface area contributed by atoms with Crippen molar-refractivity contribution in [3.8, 4) is 11.4 Å². The Morgan fingerprint density at radius 1 is 1.07 bits per heavy atom. The average molecular weight is 364 g/mol. The van der Waals surface area contributed by atoms with Gasteiger partial charge in [0.25, 0.3) is 5.69 Å². The molecule has 0 saturated carbocycles. The van der Waals surface area contributed by atoms with E-state index in [1.165, 1.54) is 6.07 Å². The Balaban J connectivity index is 1.85. The van der Waals surface area contributed by atoms with E-state index < -0.39 is 4.92 Å². The first-order valence-corrected chi connectivity index (χ1v) is 8.55. The quantitative estimate of drug-likeness (QED) is 0.484. The fourth-order valence-corrected chi connectivity index (χ4v) is 2.48. The highest BCUT2D eigenvalue weighted by atomic mass is 16.6. The van der Waals surface area contributed by atoms with Crippen LogP contribution in [0.2, 0.25) is 0 Å². The van der Waals surface area contributed by atoms with E-state index in [2.05, 4.69) is 25.6 Å². The Hall–Kier alpha value is -3.55. The number of aromatic nitrogens is 3. The number of nitro benzene ring substituents is 1. The maximum absolute atomic E-state index is 10.9. The lowest BCUT2D eigenvalue weighted by Crippen LogP contribution is -2.14. The molecule has 2 heterocycles. The van der Waals surface area contributed by atoms with Gasteiger partial charge in [-0.15, -0.1) is 0 Å². The molecule has 27 heavy (non-hydrogen) atoms. The third-order valence-electron chi connectivity index (χ3n) is 3.67. The van der Waals surface area contributed by atoms with Gasteiger partial charge in [0, 0.05) is 37.0 Å². The number of nitrogens with one attached hydrogen (secondary N) is 2. The van der Waals surface area contributed by atoms with E-state index in [0.717, 1.165) is 11.3 Å². The van der Waals surface area contributed by atoms with Gasteiger partial charge in [-0.1, -0.05) is 18.2 Å². The molecule has 2 aromatic heterocycles. The second-order valence-electron chi connectivity index (χ2n) is 6.26. The van der Waals surface area contributed by atoms with Gasteiger partial charge in [-0.2, -0.15) is 4.98 Å². The zero-order valence-corrected chi connectivity index (χ0v) is 15.1. The van der Waals surface area contributed by atoms with Crippen molar-refractivity contribution in [1.82, 2.24) is 15.0 Å². The fourth-order valence-electron chi connectivity index (χ4n) is 2.48. The van der Waals surface area contributed by atoms with E-state index in [-0.39, 0.29) is 11.7 Å². The highest BCUT2D eigenvalue weighted by Crippen LogP contribution is 2.21. The summed E-state index contributed by atoms with van der Waals surface area (Å²) in [7, 11) is 0. The lowest BCUT2D eigenvalue weighted by atomic mass is 10.2. The summed E-state index contributed by atoms with van der Waals surface area (Å²) < 4.78 is 0. The Morgan fingerprint density at radius 3 is 2.63 bits per heavy atom. The van der Waals surface area contributed by atoms with Crippen molar-refractivity contribution in [2.45, 2.75) is 26.4 Å². The largest absolute Gasteiger partial charge is 0.366 e. The van der Waals surface area contributed by atoms with Crippen molar-refractivity contribution in [3.63, 3.8) is 0 Å². The van der Waals surface area contributed by atoms with E-state index in [0.29, 0.717) is 24.0 Å². The van der Waals surface area contributed by atoms with Crippen molar-refractivity contribution in [2.24, 2.45) is 0 Å². The number of nitro groups is 1. The van der Waals surface area contributed by atoms with E-state index in [1.54, 1.807) is 18.3 Å². The van der Waals surface area contributed by atoms with E-state index >= 15 is 0 Å². The van der Waals surface area contributed by atoms with Crippen LogP contribution in [0.3, 0.4) is 0 Å². The Labute approximate surface area is 156 Å². The molecule has 3 aromatic rings. The van der Waals surface area contributed by atoms with Crippen LogP contribution in [0.15, 0.2) is 54.7 Å². The molecule has 0 saturated heterocycles. The predicted molar refractivity (Wildman–Crippen MR) is 104 cm³/mol. The number of anilines is 2. The predicted octanol–water partition coefficient (Wildman–Crippen LogP) is 3.88. The number of hydrogen-bond donors (Lipinski definition) is 2. The smallest absolute Gasteiger partial charge is 0.269 e. The lowest BCUT2D eigenvalue weighted by Gasteiger charge is -2.13. The standard InChI is InChI=1S/C19H20N6O2/c1-13(2)22-19-23-17(16-8-3-4-9-20-16)11-18(24-19)21-12-14-6-5-7-15(10-14)25(26)27/h3-11,13H,12H2,1-2H3,(H2,21,22,23,24). The molecule has 0 radical (unpaired) electrons. The van der Waals surface area contributed by atoms with Gasteiger partial charge in [0.15, 0.2) is 0 Å². The molecule has 3 rings (SSSR count). The van der Waals surface area contributed by atoms with Gasteiger partial charge in [0.1, 0.15) is 5.82 Å². The molecule has 0 aliphatic rings. The molecule has 0 amide bonds. The Kier molecular flexibility index (Phi) is 5.55. The van der Waals surface area contributed by atoms with Gasteiger partial charge in [0.2, 0.25) is 5.95 Å². The number of hydrogen-bond acceptors (Lipinski definition) is 7. The van der Waals surface area contributed by atoms with Gasteiger partial charge in [-0.05, 0) is 31.5 Å². The molecule has 138 valence electrons. The second kappa shape index (κ2) is 8.22. The highest BCUT2D eigenvalue weighted by Gasteiger charge is 2.10. The molecule has 0 atom stereocenters. The van der Waals surface area contributed by atoms with Crippen LogP contribution < -0.4 is 10.6 Å². The number of benzene rings is 1. The van der Waals surface area contributed by atoms with Crippen LogP contribution in [0, 0.1) is 10.1 Å². The third kappa shape index (κ3) is 4.97. The molecule has 8 nitrogen and oxygen atoms in total. The van der Waals surface area contributed by atoms with E-state index in [9.17, 15) is 10.1 Å². The summed E-state index contributed by atoms with van der Waals surface area (Å²) in [4.78, 5) is 23.9. The van der Waals surface area contributed by atoms with Crippen molar-refractivity contribution in [1.29, 1.82) is 0 Å². The highest BCUT2D eigenvalue weighted by molar-refractivity contribution is 5.61. The van der Waals surface area contributed by atoms with Gasteiger partial charge in [0.05, 0.1) is 16.3 Å². The molecule has 2 N–H and O–H groups in total. The van der Waals surface area contributed by atoms with Crippen molar-refractivity contribution in [2.75, 3.05) is 10.6 Å². The molecule has 8 heteroatoms. The minimum absolute atomic E-state index is 0.0633. The van der Waals surface area contributed by atoms with Crippen LogP contribution in [-0.2, 0) is 6.54 Å². The SMILES string of the molecule is CC(C)Nc1nc(NCc2cccc([N+](=O)[O-])c2)cc(-c2ccccn2)n1. The van der Waals surface area contributed by atoms with E-state index in [4.69, 9.17) is 0 Å². The first-order chi connectivity index (χ1) is 13.0. The number of rotatable bonds is 7. The Bertz CT molecular complexity index is 930. The third-order valence-corrected chi connectivity index (χ3v) is 3.67. The molecule has 0 aliphatic heterocycles. The molecule has 0 fully saturated rings. The summed E-state index contributed by atoms with van der Waals surface area (Å²) in [6.45, 7) is 4.42. The van der Waals surface area contributed by atoms with Crippen molar-refractivity contribution >= 4 is 17.5 Å². The summed E-state index contributed by atoms with van der Waals surface area (Å²) in [6, 6.07) is 14.1. The Morgan fingerprint density at radius 2 is 1.93 bits per heavy atom. The summed E-state index contributed by atoms with van der Waals surface area (Å²) in [5.74, 6) is 1.11. The molecular formula is C19H20N6O2. The molecule has 0 unspecified atom stereocenters. The maximum atomic E-state index is 10.9. The summed E-state index contributed by atoms with van der Waals surface area (Å²) >= 11 is 0. The summed E-state index contributed by atoms with van der Waals surface area (Å²) in [6.07, 6.45) is 1.71. The molecular weight excluding hydrogens is 344 g/mol. The normalized spacial score (nSPS) is 10.6. The summed E-state index contributed by atoms with van der Waals surface area (Å²) in [5.41, 5.74) is 2.29. The van der Waals surface area contributed by atoms with Crippen LogP contribution in [0.4, 0.5) is 17.5 Å². The van der Waals surface area contributed by atoms with Gasteiger partial charge >= 0.3 is 0 Å². The van der Waals surface area contributed by atoms with Gasteiger partial charge in [-0.25, -0.2) is 4.98 Å². The summed E-state index contributed by atoms with van der Waals surface area (Å²) in [5, 5.41) is 17.3. The first kappa shape index (κ1) is 18.2. The minimum Gasteiger partial charge on any atom is -0.366 e.